The number of amides is 1. The Kier molecular flexibility index (Phi) is 4.54. The van der Waals surface area contributed by atoms with Crippen LogP contribution in [0.3, 0.4) is 0 Å². The summed E-state index contributed by atoms with van der Waals surface area (Å²) in [7, 11) is 0. The number of benzene rings is 2. The molecule has 3 aromatic rings. The van der Waals surface area contributed by atoms with Crippen molar-refractivity contribution in [3.63, 3.8) is 0 Å². The lowest BCUT2D eigenvalue weighted by Gasteiger charge is -2.06. The van der Waals surface area contributed by atoms with Gasteiger partial charge in [0.15, 0.2) is 6.61 Å². The van der Waals surface area contributed by atoms with Gasteiger partial charge in [-0.15, -0.1) is 11.3 Å². The standard InChI is InChI=1S/C18H12N2O3S/c19-10-12-4-3-6-14(8-12)20-17(21)11-23-18(22)16-9-13-5-1-2-7-15(13)24-16/h1-9H,11H2,(H,20,21). The van der Waals surface area contributed by atoms with Crippen molar-refractivity contribution in [2.75, 3.05) is 11.9 Å². The van der Waals surface area contributed by atoms with Gasteiger partial charge in [-0.05, 0) is 35.7 Å². The number of fused-ring (bicyclic) bond motifs is 1. The summed E-state index contributed by atoms with van der Waals surface area (Å²) in [4.78, 5) is 24.3. The van der Waals surface area contributed by atoms with Crippen molar-refractivity contribution in [2.45, 2.75) is 0 Å². The number of nitriles is 1. The van der Waals surface area contributed by atoms with Crippen molar-refractivity contribution in [2.24, 2.45) is 0 Å². The van der Waals surface area contributed by atoms with Crippen LogP contribution in [0.1, 0.15) is 15.2 Å². The van der Waals surface area contributed by atoms with E-state index in [2.05, 4.69) is 5.32 Å². The Hall–Kier alpha value is -3.17. The summed E-state index contributed by atoms with van der Waals surface area (Å²) in [5, 5.41) is 12.4. The number of rotatable bonds is 4. The van der Waals surface area contributed by atoms with Crippen molar-refractivity contribution in [1.29, 1.82) is 5.26 Å². The normalized spacial score (nSPS) is 10.1. The van der Waals surface area contributed by atoms with Crippen LogP contribution in [0.15, 0.2) is 54.6 Å². The molecule has 0 fully saturated rings. The van der Waals surface area contributed by atoms with Crippen LogP contribution in [0.2, 0.25) is 0 Å². The first kappa shape index (κ1) is 15.7. The molecule has 1 N–H and O–H groups in total. The highest BCUT2D eigenvalue weighted by molar-refractivity contribution is 7.20. The number of hydrogen-bond donors (Lipinski definition) is 1. The number of esters is 1. The molecule has 0 atom stereocenters. The minimum atomic E-state index is -0.530. The summed E-state index contributed by atoms with van der Waals surface area (Å²) < 4.78 is 6.03. The molecule has 1 heterocycles. The first-order valence-corrected chi connectivity index (χ1v) is 7.93. The van der Waals surface area contributed by atoms with Gasteiger partial charge in [0.1, 0.15) is 4.88 Å². The summed E-state index contributed by atoms with van der Waals surface area (Å²) in [6.45, 7) is -0.385. The highest BCUT2D eigenvalue weighted by Gasteiger charge is 2.13. The maximum absolute atomic E-state index is 12.0. The van der Waals surface area contributed by atoms with Gasteiger partial charge in [-0.2, -0.15) is 5.26 Å². The molecule has 0 radical (unpaired) electrons. The van der Waals surface area contributed by atoms with Crippen LogP contribution in [0, 0.1) is 11.3 Å². The van der Waals surface area contributed by atoms with Crippen LogP contribution >= 0.6 is 11.3 Å². The van der Waals surface area contributed by atoms with Crippen LogP contribution in [0.4, 0.5) is 5.69 Å². The minimum Gasteiger partial charge on any atom is -0.451 e. The summed E-state index contributed by atoms with van der Waals surface area (Å²) in [5.41, 5.74) is 0.923. The number of carbonyl (C=O) groups is 2. The van der Waals surface area contributed by atoms with Crippen molar-refractivity contribution >= 4 is 39.0 Å². The van der Waals surface area contributed by atoms with E-state index in [1.54, 1.807) is 30.3 Å². The lowest BCUT2D eigenvalue weighted by atomic mass is 10.2. The predicted octanol–water partition coefficient (Wildman–Crippen LogP) is 3.57. The number of nitrogens with zero attached hydrogens (tertiary/aromatic N) is 1. The molecule has 6 heteroatoms. The number of nitrogens with one attached hydrogen (secondary N) is 1. The Morgan fingerprint density at radius 2 is 1.96 bits per heavy atom. The third-order valence-electron chi connectivity index (χ3n) is 3.24. The molecular weight excluding hydrogens is 324 g/mol. The average Bonchev–Trinajstić information content (AvgIpc) is 3.04. The average molecular weight is 336 g/mol. The van der Waals surface area contributed by atoms with Crippen LogP contribution in [0.5, 0.6) is 0 Å². The molecular formula is C18H12N2O3S. The molecule has 3 rings (SSSR count). The van der Waals surface area contributed by atoms with Gasteiger partial charge in [0.05, 0.1) is 11.6 Å². The van der Waals surface area contributed by atoms with Crippen molar-refractivity contribution in [1.82, 2.24) is 0 Å². The zero-order chi connectivity index (χ0) is 16.9. The highest BCUT2D eigenvalue weighted by atomic mass is 32.1. The maximum Gasteiger partial charge on any atom is 0.348 e. The molecule has 0 aliphatic heterocycles. The fraction of sp³-hybridized carbons (Fsp3) is 0.0556. The van der Waals surface area contributed by atoms with E-state index in [0.717, 1.165) is 10.1 Å². The molecule has 118 valence electrons. The number of ether oxygens (including phenoxy) is 1. The van der Waals surface area contributed by atoms with Gasteiger partial charge in [0, 0.05) is 10.4 Å². The quantitative estimate of drug-likeness (QED) is 0.739. The lowest BCUT2D eigenvalue weighted by Crippen LogP contribution is -2.20. The fourth-order valence-electron chi connectivity index (χ4n) is 2.15. The second-order valence-electron chi connectivity index (χ2n) is 4.97. The molecule has 24 heavy (non-hydrogen) atoms. The van der Waals surface area contributed by atoms with Crippen LogP contribution < -0.4 is 5.32 Å². The topological polar surface area (TPSA) is 79.2 Å². The Labute approximate surface area is 142 Å². The molecule has 0 aliphatic carbocycles. The molecule has 1 amide bonds. The molecule has 2 aromatic carbocycles. The first-order valence-electron chi connectivity index (χ1n) is 7.11. The molecule has 0 spiro atoms. The second kappa shape index (κ2) is 6.94. The van der Waals surface area contributed by atoms with E-state index in [4.69, 9.17) is 10.00 Å². The summed E-state index contributed by atoms with van der Waals surface area (Å²) in [6.07, 6.45) is 0. The van der Waals surface area contributed by atoms with E-state index in [0.29, 0.717) is 16.1 Å². The predicted molar refractivity (Wildman–Crippen MR) is 91.9 cm³/mol. The van der Waals surface area contributed by atoms with Gasteiger partial charge in [0.2, 0.25) is 0 Å². The van der Waals surface area contributed by atoms with E-state index >= 15 is 0 Å². The third-order valence-corrected chi connectivity index (χ3v) is 4.33. The Morgan fingerprint density at radius 1 is 1.12 bits per heavy atom. The monoisotopic (exact) mass is 336 g/mol. The highest BCUT2D eigenvalue weighted by Crippen LogP contribution is 2.25. The largest absolute Gasteiger partial charge is 0.451 e. The number of thiophene rings is 1. The number of carbonyl (C=O) groups excluding carboxylic acids is 2. The molecule has 0 saturated carbocycles. The van der Waals surface area contributed by atoms with E-state index in [1.165, 1.54) is 11.3 Å². The van der Waals surface area contributed by atoms with Gasteiger partial charge in [-0.3, -0.25) is 4.79 Å². The van der Waals surface area contributed by atoms with Gasteiger partial charge in [-0.25, -0.2) is 4.79 Å². The Bertz CT molecular complexity index is 923. The van der Waals surface area contributed by atoms with Gasteiger partial charge in [-0.1, -0.05) is 24.3 Å². The van der Waals surface area contributed by atoms with E-state index < -0.39 is 11.9 Å². The van der Waals surface area contributed by atoms with Gasteiger partial charge >= 0.3 is 5.97 Å². The van der Waals surface area contributed by atoms with Crippen LogP contribution in [-0.4, -0.2) is 18.5 Å². The smallest absolute Gasteiger partial charge is 0.348 e. The minimum absolute atomic E-state index is 0.385. The van der Waals surface area contributed by atoms with E-state index in [-0.39, 0.29) is 6.61 Å². The van der Waals surface area contributed by atoms with Gasteiger partial charge < -0.3 is 10.1 Å². The van der Waals surface area contributed by atoms with Crippen molar-refractivity contribution in [3.05, 3.63) is 65.0 Å². The van der Waals surface area contributed by atoms with Crippen molar-refractivity contribution in [3.8, 4) is 6.07 Å². The maximum atomic E-state index is 12.0. The first-order chi connectivity index (χ1) is 11.7. The van der Waals surface area contributed by atoms with Crippen LogP contribution in [-0.2, 0) is 9.53 Å². The molecule has 0 bridgehead atoms. The summed E-state index contributed by atoms with van der Waals surface area (Å²) in [5.74, 6) is -0.989. The third kappa shape index (κ3) is 3.59. The Morgan fingerprint density at radius 3 is 2.75 bits per heavy atom. The molecule has 5 nitrogen and oxygen atoms in total. The fourth-order valence-corrected chi connectivity index (χ4v) is 3.10. The van der Waals surface area contributed by atoms with E-state index in [9.17, 15) is 9.59 Å². The van der Waals surface area contributed by atoms with Gasteiger partial charge in [0.25, 0.3) is 5.91 Å². The van der Waals surface area contributed by atoms with Crippen LogP contribution in [0.25, 0.3) is 10.1 Å². The van der Waals surface area contributed by atoms with E-state index in [1.807, 2.05) is 30.3 Å². The molecule has 0 aliphatic rings. The summed E-state index contributed by atoms with van der Waals surface area (Å²) >= 11 is 1.32. The zero-order valence-corrected chi connectivity index (χ0v) is 13.3. The SMILES string of the molecule is N#Cc1cccc(NC(=O)COC(=O)c2cc3ccccc3s2)c1. The molecule has 0 unspecified atom stereocenters. The lowest BCUT2D eigenvalue weighted by molar-refractivity contribution is -0.119. The Balaban J connectivity index is 1.59. The molecule has 1 aromatic heterocycles. The summed E-state index contributed by atoms with van der Waals surface area (Å²) in [6, 6.07) is 17.9. The number of hydrogen-bond acceptors (Lipinski definition) is 5. The zero-order valence-electron chi connectivity index (χ0n) is 12.5. The number of anilines is 1. The second-order valence-corrected chi connectivity index (χ2v) is 6.05. The molecule has 0 saturated heterocycles. The van der Waals surface area contributed by atoms with Crippen molar-refractivity contribution < 1.29 is 14.3 Å².